The molecule has 6 aromatic carbocycles. The molecule has 0 fully saturated rings. The van der Waals surface area contributed by atoms with Crippen LogP contribution in [0.15, 0.2) is 121 Å². The Morgan fingerprint density at radius 2 is 0.705 bits per heavy atom. The maximum Gasteiger partial charge on any atom is 0.394 e. The molecule has 0 aliphatic rings. The molecular weight excluding hydrogens is 1100 g/mol. The van der Waals surface area contributed by atoms with Crippen molar-refractivity contribution in [3.8, 4) is 34.5 Å². The molecule has 22 nitrogen and oxygen atoms in total. The highest BCUT2D eigenvalue weighted by molar-refractivity contribution is 6.38. The number of nitrogens with one attached hydrogen (secondary N) is 6. The van der Waals surface area contributed by atoms with E-state index in [4.69, 9.17) is 52.1 Å². The third-order valence-electron chi connectivity index (χ3n) is 11.6. The standard InChI is InChI=1S/C52H45Cl4N7O15/c53-33-19-27(20-34(54)43(33)68)41(48(73)59-38(46(71)63-51(76)52(77)78)18-24-3-11-30(65)12-4-24)62-49(74)40(26-7-15-32(67)16-8-26)61-50(75)42(28-21-35(55)44(69)36(56)22-28)60-45(70)37(17-23-1-9-29(64)10-2-23)58-47(72)39(57)25-5-13-31(66)14-6-25/h1-16,19-22,37-42,64-69H,17-18,57H2,(H,58,72)(H,59,73)(H,60,70)(H,61,75)(H,62,74)(H,77,78)(H,63,71,76). The molecule has 15 N–H and O–H groups in total. The van der Waals surface area contributed by atoms with E-state index in [-0.39, 0.29) is 57.2 Å². The van der Waals surface area contributed by atoms with Crippen LogP contribution in [0.5, 0.6) is 34.5 Å². The van der Waals surface area contributed by atoms with Crippen LogP contribution in [0.3, 0.4) is 0 Å². The number of nitrogens with two attached hydrogens (primary N) is 1. The zero-order chi connectivity index (χ0) is 57.1. The number of carbonyl (C=O) groups is 8. The molecule has 26 heteroatoms. The lowest BCUT2D eigenvalue weighted by molar-refractivity contribution is -0.152. The molecule has 6 unspecified atom stereocenters. The summed E-state index contributed by atoms with van der Waals surface area (Å²) in [5.41, 5.74) is 6.59. The predicted octanol–water partition coefficient (Wildman–Crippen LogP) is 4.29. The van der Waals surface area contributed by atoms with Crippen LogP contribution in [-0.2, 0) is 51.2 Å². The second kappa shape index (κ2) is 25.8. The number of aromatic hydroxyl groups is 6. The normalized spacial score (nSPS) is 13.2. The Morgan fingerprint density at radius 3 is 1.09 bits per heavy atom. The number of phenolic OH excluding ortho intramolecular Hbond substituents is 6. The van der Waals surface area contributed by atoms with Crippen LogP contribution in [0.1, 0.15) is 57.5 Å². The van der Waals surface area contributed by atoms with Gasteiger partial charge in [0.25, 0.3) is 0 Å². The topological polar surface area (TPSA) is 376 Å². The lowest BCUT2D eigenvalue weighted by Gasteiger charge is -2.28. The number of hydrogen-bond acceptors (Lipinski definition) is 15. The largest absolute Gasteiger partial charge is 0.508 e. The van der Waals surface area contributed by atoms with E-state index in [9.17, 15) is 74.1 Å². The number of imide groups is 1. The molecule has 0 aliphatic carbocycles. The summed E-state index contributed by atoms with van der Waals surface area (Å²) in [6, 6.07) is 14.2. The first-order valence-corrected chi connectivity index (χ1v) is 24.2. The molecule has 0 heterocycles. The lowest BCUT2D eigenvalue weighted by Crippen LogP contribution is -2.54. The number of carbonyl (C=O) groups excluding carboxylic acids is 7. The molecule has 0 aromatic heterocycles. The van der Waals surface area contributed by atoms with Gasteiger partial charge in [-0.3, -0.25) is 38.9 Å². The van der Waals surface area contributed by atoms with Crippen LogP contribution in [0.4, 0.5) is 0 Å². The zero-order valence-corrected chi connectivity index (χ0v) is 42.9. The minimum atomic E-state index is -2.05. The molecule has 0 radical (unpaired) electrons. The van der Waals surface area contributed by atoms with Crippen molar-refractivity contribution in [2.24, 2.45) is 5.73 Å². The number of carboxylic acid groups (broad SMARTS) is 1. The lowest BCUT2D eigenvalue weighted by atomic mass is 9.99. The SMILES string of the molecule is NC(C(=O)NC(Cc1ccc(O)cc1)C(=O)NC(C(=O)NC(C(=O)NC(C(=O)NC(Cc1ccc(O)cc1)C(=O)NC(=O)C(=O)O)c1cc(Cl)c(O)c(Cl)c1)c1ccc(O)cc1)c1cc(Cl)c(O)c(Cl)c1)c1ccc(O)cc1. The van der Waals surface area contributed by atoms with E-state index < -0.39 is 122 Å². The van der Waals surface area contributed by atoms with Crippen molar-refractivity contribution in [1.82, 2.24) is 31.9 Å². The monoisotopic (exact) mass is 1150 g/mol. The van der Waals surface area contributed by atoms with Crippen molar-refractivity contribution < 1.29 is 74.1 Å². The van der Waals surface area contributed by atoms with Gasteiger partial charge in [0.05, 0.1) is 20.1 Å². The van der Waals surface area contributed by atoms with Gasteiger partial charge >= 0.3 is 11.9 Å². The van der Waals surface area contributed by atoms with Gasteiger partial charge in [-0.05, 0) is 106 Å². The number of benzene rings is 6. The van der Waals surface area contributed by atoms with Gasteiger partial charge in [0.2, 0.25) is 35.4 Å². The van der Waals surface area contributed by atoms with Gasteiger partial charge in [0, 0.05) is 12.8 Å². The number of rotatable bonds is 19. The highest BCUT2D eigenvalue weighted by atomic mass is 35.5. The van der Waals surface area contributed by atoms with E-state index in [0.717, 1.165) is 36.4 Å². The third kappa shape index (κ3) is 15.2. The van der Waals surface area contributed by atoms with Crippen molar-refractivity contribution in [3.05, 3.63) is 175 Å². The van der Waals surface area contributed by atoms with Gasteiger partial charge in [-0.2, -0.15) is 0 Å². The van der Waals surface area contributed by atoms with E-state index in [2.05, 4.69) is 26.6 Å². The van der Waals surface area contributed by atoms with Crippen LogP contribution in [-0.4, -0.2) is 95.1 Å². The first kappa shape index (κ1) is 58.5. The maximum atomic E-state index is 14.9. The van der Waals surface area contributed by atoms with Crippen LogP contribution >= 0.6 is 46.4 Å². The molecule has 0 saturated carbocycles. The Bertz CT molecular complexity index is 3220. The molecule has 0 bridgehead atoms. The van der Waals surface area contributed by atoms with Gasteiger partial charge in [-0.25, -0.2) is 4.79 Å². The minimum absolute atomic E-state index is 0.0936. The first-order chi connectivity index (χ1) is 36.9. The van der Waals surface area contributed by atoms with Crippen molar-refractivity contribution in [3.63, 3.8) is 0 Å². The predicted molar refractivity (Wildman–Crippen MR) is 280 cm³/mol. The Morgan fingerprint density at radius 1 is 0.397 bits per heavy atom. The van der Waals surface area contributed by atoms with Gasteiger partial charge in [0.15, 0.2) is 11.5 Å². The second-order valence-corrected chi connectivity index (χ2v) is 18.8. The fourth-order valence-corrected chi connectivity index (χ4v) is 8.53. The molecule has 0 saturated heterocycles. The summed E-state index contributed by atoms with van der Waals surface area (Å²) in [6.45, 7) is 0. The molecule has 7 amide bonds. The number of halogens is 4. The number of amides is 7. The molecule has 6 aromatic rings. The van der Waals surface area contributed by atoms with Gasteiger partial charge < -0.3 is 68.1 Å². The van der Waals surface area contributed by atoms with E-state index in [1.807, 2.05) is 0 Å². The number of carboxylic acids is 1. The van der Waals surface area contributed by atoms with Crippen LogP contribution in [0, 0.1) is 0 Å². The van der Waals surface area contributed by atoms with Crippen LogP contribution in [0.25, 0.3) is 0 Å². The Kier molecular flexibility index (Phi) is 19.4. The maximum absolute atomic E-state index is 14.9. The quantitative estimate of drug-likeness (QED) is 0.0503. The van der Waals surface area contributed by atoms with Crippen molar-refractivity contribution in [1.29, 1.82) is 0 Å². The molecule has 0 aliphatic heterocycles. The molecule has 406 valence electrons. The smallest absolute Gasteiger partial charge is 0.394 e. The summed E-state index contributed by atoms with van der Waals surface area (Å²) in [6.07, 6.45) is -0.732. The van der Waals surface area contributed by atoms with Crippen LogP contribution in [0.2, 0.25) is 20.1 Å². The summed E-state index contributed by atoms with van der Waals surface area (Å²) in [5, 5.41) is 82.3. The molecular formula is C52H45Cl4N7O15. The van der Waals surface area contributed by atoms with E-state index in [1.54, 1.807) is 5.32 Å². The summed E-state index contributed by atoms with van der Waals surface area (Å²) in [7, 11) is 0. The molecule has 0 spiro atoms. The average Bonchev–Trinajstić information content (AvgIpc) is 3.46. The van der Waals surface area contributed by atoms with Crippen molar-refractivity contribution in [2.75, 3.05) is 0 Å². The second-order valence-electron chi connectivity index (χ2n) is 17.1. The highest BCUT2D eigenvalue weighted by Gasteiger charge is 2.36. The minimum Gasteiger partial charge on any atom is -0.508 e. The molecule has 78 heavy (non-hydrogen) atoms. The summed E-state index contributed by atoms with van der Waals surface area (Å²) in [4.78, 5) is 110. The van der Waals surface area contributed by atoms with Crippen molar-refractivity contribution >= 4 is 93.7 Å². The average molecular weight is 1150 g/mol. The number of phenols is 6. The number of aliphatic carboxylic acids is 1. The van der Waals surface area contributed by atoms with E-state index in [0.29, 0.717) is 5.56 Å². The van der Waals surface area contributed by atoms with Crippen LogP contribution < -0.4 is 37.6 Å². The Hall–Kier alpha value is -8.80. The highest BCUT2D eigenvalue weighted by Crippen LogP contribution is 2.37. The summed E-state index contributed by atoms with van der Waals surface area (Å²) < 4.78 is 0. The Labute approximate surface area is 461 Å². The van der Waals surface area contributed by atoms with E-state index in [1.165, 1.54) is 84.9 Å². The van der Waals surface area contributed by atoms with Gasteiger partial charge in [0.1, 0.15) is 59.2 Å². The van der Waals surface area contributed by atoms with Gasteiger partial charge in [-0.15, -0.1) is 0 Å². The molecule has 6 rings (SSSR count). The van der Waals surface area contributed by atoms with E-state index >= 15 is 0 Å². The fourth-order valence-electron chi connectivity index (χ4n) is 7.52. The Balaban J connectivity index is 1.39. The molecule has 6 atom stereocenters. The summed E-state index contributed by atoms with van der Waals surface area (Å²) >= 11 is 25.2. The van der Waals surface area contributed by atoms with Crippen molar-refractivity contribution in [2.45, 2.75) is 49.1 Å². The first-order valence-electron chi connectivity index (χ1n) is 22.7. The number of hydrogen-bond donors (Lipinski definition) is 14. The zero-order valence-electron chi connectivity index (χ0n) is 39.9. The van der Waals surface area contributed by atoms with Gasteiger partial charge in [-0.1, -0.05) is 94.9 Å². The third-order valence-corrected chi connectivity index (χ3v) is 12.8. The summed E-state index contributed by atoms with van der Waals surface area (Å²) in [5.74, 6) is -12.8. The fraction of sp³-hybridized carbons (Fsp3) is 0.154.